The predicted octanol–water partition coefficient (Wildman–Crippen LogP) is 2.31. The van der Waals surface area contributed by atoms with E-state index in [-0.39, 0.29) is 9.79 Å². The third-order valence-electron chi connectivity index (χ3n) is 3.82. The largest absolute Gasteiger partial charge is 0.276 e. The molecule has 30 heavy (non-hydrogen) atoms. The average molecular weight is 443 g/mol. The van der Waals surface area contributed by atoms with Crippen LogP contribution in [0.4, 0.5) is 0 Å². The predicted molar refractivity (Wildman–Crippen MR) is 115 cm³/mol. The molecule has 154 valence electrons. The molecule has 0 unspecified atom stereocenters. The second-order valence-corrected chi connectivity index (χ2v) is 9.32. The van der Waals surface area contributed by atoms with Gasteiger partial charge in [-0.25, -0.2) is 9.66 Å². The maximum absolute atomic E-state index is 12.1. The number of hydrogen-bond acceptors (Lipinski definition) is 6. The van der Waals surface area contributed by atoms with E-state index in [9.17, 15) is 16.8 Å². The van der Waals surface area contributed by atoms with Gasteiger partial charge in [-0.05, 0) is 35.4 Å². The molecule has 0 spiro atoms. The summed E-state index contributed by atoms with van der Waals surface area (Å²) in [6, 6.07) is 22.6. The molecule has 0 amide bonds. The van der Waals surface area contributed by atoms with Crippen LogP contribution in [0.2, 0.25) is 0 Å². The number of benzene rings is 3. The van der Waals surface area contributed by atoms with Gasteiger partial charge in [0.1, 0.15) is 0 Å². The number of nitrogens with one attached hydrogen (secondary N) is 2. The molecule has 0 radical (unpaired) electrons. The highest BCUT2D eigenvalue weighted by atomic mass is 32.2. The summed E-state index contributed by atoms with van der Waals surface area (Å²) >= 11 is 0. The molecule has 0 aliphatic carbocycles. The molecule has 0 saturated carbocycles. The molecule has 0 heterocycles. The summed E-state index contributed by atoms with van der Waals surface area (Å²) in [5.74, 6) is 0. The van der Waals surface area contributed by atoms with Crippen molar-refractivity contribution in [3.8, 4) is 0 Å². The SMILES string of the molecule is O=S(=O)(N/N=C\c1ccc(/C=N\NS(=O)(=O)c2ccccc2)cc1)c1ccccc1. The van der Waals surface area contributed by atoms with Gasteiger partial charge in [-0.15, -0.1) is 0 Å². The fourth-order valence-electron chi connectivity index (χ4n) is 2.31. The van der Waals surface area contributed by atoms with E-state index in [1.807, 2.05) is 0 Å². The van der Waals surface area contributed by atoms with Crippen LogP contribution in [0, 0.1) is 0 Å². The molecule has 0 aliphatic heterocycles. The Balaban J connectivity index is 1.58. The van der Waals surface area contributed by atoms with Crippen LogP contribution in [0.5, 0.6) is 0 Å². The van der Waals surface area contributed by atoms with Gasteiger partial charge < -0.3 is 0 Å². The van der Waals surface area contributed by atoms with Gasteiger partial charge in [-0.3, -0.25) is 0 Å². The van der Waals surface area contributed by atoms with Gasteiger partial charge in [-0.2, -0.15) is 27.0 Å². The van der Waals surface area contributed by atoms with Crippen LogP contribution in [0.25, 0.3) is 0 Å². The first kappa shape index (κ1) is 21.2. The van der Waals surface area contributed by atoms with Gasteiger partial charge in [0.2, 0.25) is 0 Å². The lowest BCUT2D eigenvalue weighted by molar-refractivity contribution is 0.583. The van der Waals surface area contributed by atoms with Crippen molar-refractivity contribution in [3.63, 3.8) is 0 Å². The minimum absolute atomic E-state index is 0.117. The Kier molecular flexibility index (Phi) is 6.60. The molecule has 3 aromatic carbocycles. The van der Waals surface area contributed by atoms with Crippen molar-refractivity contribution in [2.45, 2.75) is 9.79 Å². The first-order chi connectivity index (χ1) is 14.4. The summed E-state index contributed by atoms with van der Waals surface area (Å²) in [5.41, 5.74) is 1.29. The van der Waals surface area contributed by atoms with E-state index in [2.05, 4.69) is 19.9 Å². The lowest BCUT2D eigenvalue weighted by Crippen LogP contribution is -2.18. The normalized spacial score (nSPS) is 12.3. The van der Waals surface area contributed by atoms with E-state index in [1.54, 1.807) is 60.7 Å². The van der Waals surface area contributed by atoms with Crippen LogP contribution in [-0.4, -0.2) is 29.3 Å². The molecule has 10 heteroatoms. The van der Waals surface area contributed by atoms with Crippen LogP contribution in [0.1, 0.15) is 11.1 Å². The molecule has 2 N–H and O–H groups in total. The lowest BCUT2D eigenvalue weighted by Gasteiger charge is -2.03. The molecule has 0 atom stereocenters. The maximum atomic E-state index is 12.1. The first-order valence-electron chi connectivity index (χ1n) is 8.67. The number of sulfonamides is 2. The van der Waals surface area contributed by atoms with E-state index in [1.165, 1.54) is 36.7 Å². The second-order valence-electron chi connectivity index (χ2n) is 6.00. The van der Waals surface area contributed by atoms with Crippen molar-refractivity contribution in [1.82, 2.24) is 9.66 Å². The lowest BCUT2D eigenvalue weighted by atomic mass is 10.2. The number of nitrogens with zero attached hydrogens (tertiary/aromatic N) is 2. The maximum Gasteiger partial charge on any atom is 0.276 e. The van der Waals surface area contributed by atoms with E-state index in [0.717, 1.165) is 0 Å². The fraction of sp³-hybridized carbons (Fsp3) is 0. The molecular weight excluding hydrogens is 424 g/mol. The second kappa shape index (κ2) is 9.33. The topological polar surface area (TPSA) is 117 Å². The zero-order valence-corrected chi connectivity index (χ0v) is 17.2. The highest BCUT2D eigenvalue weighted by molar-refractivity contribution is 7.89. The zero-order chi connectivity index (χ0) is 21.5. The highest BCUT2D eigenvalue weighted by Gasteiger charge is 2.11. The highest BCUT2D eigenvalue weighted by Crippen LogP contribution is 2.08. The standard InChI is InChI=1S/C20H18N4O4S2/c25-29(26,19-7-3-1-4-8-19)23-21-15-17-11-13-18(14-12-17)16-22-24-30(27,28)20-9-5-2-6-10-20/h1-16,23-24H/b21-15-,22-16-. The van der Waals surface area contributed by atoms with Gasteiger partial charge >= 0.3 is 0 Å². The van der Waals surface area contributed by atoms with Gasteiger partial charge in [0.05, 0.1) is 22.2 Å². The van der Waals surface area contributed by atoms with Crippen LogP contribution >= 0.6 is 0 Å². The van der Waals surface area contributed by atoms with Crippen LogP contribution in [0.3, 0.4) is 0 Å². The molecule has 0 aliphatic rings. The fourth-order valence-corrected chi connectivity index (χ4v) is 3.94. The summed E-state index contributed by atoms with van der Waals surface area (Å²) in [5, 5.41) is 7.52. The Morgan fingerprint density at radius 2 is 0.867 bits per heavy atom. The van der Waals surface area contributed by atoms with Crippen LogP contribution in [-0.2, 0) is 20.0 Å². The van der Waals surface area contributed by atoms with Gasteiger partial charge in [0.25, 0.3) is 20.0 Å². The molecule has 3 aromatic rings. The zero-order valence-electron chi connectivity index (χ0n) is 15.6. The van der Waals surface area contributed by atoms with Crippen LogP contribution < -0.4 is 9.66 Å². The molecule has 0 aromatic heterocycles. The van der Waals surface area contributed by atoms with E-state index < -0.39 is 20.0 Å². The smallest absolute Gasteiger partial charge is 0.200 e. The third kappa shape index (κ3) is 5.75. The summed E-state index contributed by atoms with van der Waals surface area (Å²) < 4.78 is 48.3. The summed E-state index contributed by atoms with van der Waals surface area (Å²) in [4.78, 5) is 4.52. The van der Waals surface area contributed by atoms with Gasteiger partial charge in [-0.1, -0.05) is 60.7 Å². The summed E-state index contributed by atoms with van der Waals surface area (Å²) in [7, 11) is -7.44. The summed E-state index contributed by atoms with van der Waals surface area (Å²) in [6.45, 7) is 0. The molecule has 0 fully saturated rings. The quantitative estimate of drug-likeness (QED) is 0.411. The van der Waals surface area contributed by atoms with E-state index in [0.29, 0.717) is 11.1 Å². The van der Waals surface area contributed by atoms with Gasteiger partial charge in [0.15, 0.2) is 0 Å². The summed E-state index contributed by atoms with van der Waals surface area (Å²) in [6.07, 6.45) is 2.72. The first-order valence-corrected chi connectivity index (χ1v) is 11.6. The Labute approximate surface area is 175 Å². The van der Waals surface area contributed by atoms with Crippen molar-refractivity contribution >= 4 is 32.5 Å². The third-order valence-corrected chi connectivity index (χ3v) is 6.29. The van der Waals surface area contributed by atoms with Gasteiger partial charge in [0, 0.05) is 0 Å². The van der Waals surface area contributed by atoms with E-state index in [4.69, 9.17) is 0 Å². The Morgan fingerprint density at radius 3 is 1.20 bits per heavy atom. The Hall–Kier alpha value is -3.50. The van der Waals surface area contributed by atoms with Crippen molar-refractivity contribution in [2.75, 3.05) is 0 Å². The minimum atomic E-state index is -3.72. The van der Waals surface area contributed by atoms with E-state index >= 15 is 0 Å². The van der Waals surface area contributed by atoms with Crippen molar-refractivity contribution < 1.29 is 16.8 Å². The average Bonchev–Trinajstić information content (AvgIpc) is 2.76. The van der Waals surface area contributed by atoms with Crippen molar-refractivity contribution in [1.29, 1.82) is 0 Å². The number of rotatable bonds is 8. The molecule has 0 bridgehead atoms. The number of hydrogen-bond donors (Lipinski definition) is 2. The molecule has 0 saturated heterocycles. The Bertz CT molecular complexity index is 1140. The van der Waals surface area contributed by atoms with Crippen molar-refractivity contribution in [3.05, 3.63) is 96.1 Å². The Morgan fingerprint density at radius 1 is 0.533 bits per heavy atom. The van der Waals surface area contributed by atoms with Crippen molar-refractivity contribution in [2.24, 2.45) is 10.2 Å². The molecule has 8 nitrogen and oxygen atoms in total. The molecular formula is C20H18N4O4S2. The molecule has 3 rings (SSSR count). The number of hydrazone groups is 2. The van der Waals surface area contributed by atoms with Crippen LogP contribution in [0.15, 0.2) is 105 Å². The monoisotopic (exact) mass is 442 g/mol. The minimum Gasteiger partial charge on any atom is -0.200 e.